The Bertz CT molecular complexity index is 518. The molecule has 0 radical (unpaired) electrons. The molecule has 0 bridgehead atoms. The molecular weight excluding hydrogens is 196 g/mol. The highest BCUT2D eigenvalue weighted by Crippen LogP contribution is 2.25. The number of imidazole rings is 1. The zero-order chi connectivity index (χ0) is 9.54. The maximum Gasteiger partial charge on any atom is 0.152 e. The van der Waals surface area contributed by atoms with Crippen LogP contribution in [0.3, 0.4) is 0 Å². The van der Waals surface area contributed by atoms with Gasteiger partial charge in [-0.05, 0) is 24.1 Å². The van der Waals surface area contributed by atoms with E-state index in [0.29, 0.717) is 12.2 Å². The van der Waals surface area contributed by atoms with Crippen molar-refractivity contribution in [2.24, 2.45) is 0 Å². The van der Waals surface area contributed by atoms with E-state index in [2.05, 4.69) is 8.96 Å². The summed E-state index contributed by atoms with van der Waals surface area (Å²) in [6.45, 7) is 0. The van der Waals surface area contributed by atoms with E-state index in [0.717, 1.165) is 16.9 Å². The van der Waals surface area contributed by atoms with Crippen molar-refractivity contribution in [3.8, 4) is 0 Å². The van der Waals surface area contributed by atoms with E-state index in [1.165, 1.54) is 11.9 Å². The van der Waals surface area contributed by atoms with Gasteiger partial charge in [-0.2, -0.15) is 0 Å². The molecule has 0 saturated carbocycles. The van der Waals surface area contributed by atoms with Crippen molar-refractivity contribution < 1.29 is 4.79 Å². The fourth-order valence-corrected chi connectivity index (χ4v) is 2.60. The minimum Gasteiger partial charge on any atom is -0.298 e. The minimum absolute atomic E-state index is 0.262. The lowest BCUT2D eigenvalue weighted by Crippen LogP contribution is -2.16. The fourth-order valence-electron chi connectivity index (χ4n) is 1.67. The first kappa shape index (κ1) is 8.05. The van der Waals surface area contributed by atoms with Crippen LogP contribution in [0.15, 0.2) is 24.3 Å². The first-order valence-electron chi connectivity index (χ1n) is 4.46. The second kappa shape index (κ2) is 2.85. The number of aromatic nitrogens is 2. The second-order valence-electron chi connectivity index (χ2n) is 3.30. The molecule has 3 nitrogen and oxygen atoms in total. The third kappa shape index (κ3) is 1.07. The average Bonchev–Trinajstić information content (AvgIpc) is 2.54. The Balaban J connectivity index is 2.29. The van der Waals surface area contributed by atoms with Crippen LogP contribution in [0.4, 0.5) is 0 Å². The Morgan fingerprint density at radius 3 is 3.14 bits per heavy atom. The maximum atomic E-state index is 11.2. The summed E-state index contributed by atoms with van der Waals surface area (Å²) in [6.07, 6.45) is 0.474. The van der Waals surface area contributed by atoms with Crippen LogP contribution >= 0.6 is 11.9 Å². The Hall–Kier alpha value is -1.29. The zero-order valence-electron chi connectivity index (χ0n) is 7.43. The van der Waals surface area contributed by atoms with Gasteiger partial charge < -0.3 is 0 Å². The van der Waals surface area contributed by atoms with Crippen LogP contribution < -0.4 is 0 Å². The van der Waals surface area contributed by atoms with Gasteiger partial charge in [0.1, 0.15) is 5.82 Å². The lowest BCUT2D eigenvalue weighted by atomic mass is 10.3. The summed E-state index contributed by atoms with van der Waals surface area (Å²) >= 11 is 1.54. The number of carbonyl (C=O) groups is 1. The monoisotopic (exact) mass is 204 g/mol. The number of ketones is 1. The summed E-state index contributed by atoms with van der Waals surface area (Å²) in [5.74, 6) is 1.71. The molecule has 0 amide bonds. The van der Waals surface area contributed by atoms with Gasteiger partial charge in [0, 0.05) is 0 Å². The van der Waals surface area contributed by atoms with Crippen molar-refractivity contribution in [1.29, 1.82) is 0 Å². The van der Waals surface area contributed by atoms with Gasteiger partial charge in [-0.1, -0.05) is 12.1 Å². The van der Waals surface area contributed by atoms with Gasteiger partial charge in [0.25, 0.3) is 0 Å². The van der Waals surface area contributed by atoms with Crippen LogP contribution in [0, 0.1) is 0 Å². The first-order chi connectivity index (χ1) is 6.84. The number of carbonyl (C=O) groups excluding carboxylic acids is 1. The molecule has 14 heavy (non-hydrogen) atoms. The van der Waals surface area contributed by atoms with Crippen molar-refractivity contribution in [1.82, 2.24) is 8.96 Å². The number of para-hydroxylation sites is 2. The molecule has 2 aromatic rings. The van der Waals surface area contributed by atoms with Gasteiger partial charge in [-0.3, -0.25) is 8.77 Å². The highest BCUT2D eigenvalue weighted by Gasteiger charge is 2.19. The molecule has 1 aliphatic rings. The number of Topliss-reactive ketones (excluding diaryl/α,β-unsaturated/α-hetero) is 1. The quantitative estimate of drug-likeness (QED) is 0.654. The highest BCUT2D eigenvalue weighted by molar-refractivity contribution is 7.98. The molecule has 1 aromatic carbocycles. The van der Waals surface area contributed by atoms with Crippen molar-refractivity contribution >= 4 is 28.8 Å². The number of hydrogen-bond donors (Lipinski definition) is 0. The molecule has 1 aromatic heterocycles. The zero-order valence-corrected chi connectivity index (χ0v) is 8.25. The van der Waals surface area contributed by atoms with Crippen LogP contribution in [-0.2, 0) is 11.2 Å². The summed E-state index contributed by atoms with van der Waals surface area (Å²) in [7, 11) is 0. The summed E-state index contributed by atoms with van der Waals surface area (Å²) in [5, 5.41) is 0. The lowest BCUT2D eigenvalue weighted by molar-refractivity contribution is -0.116. The third-order valence-electron chi connectivity index (χ3n) is 2.29. The summed E-state index contributed by atoms with van der Waals surface area (Å²) in [5.41, 5.74) is 2.09. The number of hydrogen-bond acceptors (Lipinski definition) is 3. The lowest BCUT2D eigenvalue weighted by Gasteiger charge is -2.11. The highest BCUT2D eigenvalue weighted by atomic mass is 32.2. The van der Waals surface area contributed by atoms with Crippen LogP contribution in [0.5, 0.6) is 0 Å². The van der Waals surface area contributed by atoms with Crippen LogP contribution in [0.2, 0.25) is 0 Å². The van der Waals surface area contributed by atoms with Gasteiger partial charge in [0.2, 0.25) is 0 Å². The van der Waals surface area contributed by atoms with Crippen molar-refractivity contribution in [2.45, 2.75) is 6.42 Å². The molecule has 0 spiro atoms. The normalized spacial score (nSPS) is 15.9. The largest absolute Gasteiger partial charge is 0.298 e. The summed E-state index contributed by atoms with van der Waals surface area (Å²) < 4.78 is 2.07. The van der Waals surface area contributed by atoms with E-state index in [1.807, 2.05) is 24.3 Å². The predicted octanol–water partition coefficient (Wildman–Crippen LogP) is 1.66. The molecule has 0 aliphatic carbocycles. The Morgan fingerprint density at radius 1 is 1.36 bits per heavy atom. The number of nitrogens with zero attached hydrogens (tertiary/aromatic N) is 2. The van der Waals surface area contributed by atoms with Gasteiger partial charge in [-0.25, -0.2) is 4.98 Å². The van der Waals surface area contributed by atoms with E-state index in [-0.39, 0.29) is 5.78 Å². The summed E-state index contributed by atoms with van der Waals surface area (Å²) in [6, 6.07) is 7.97. The predicted molar refractivity (Wildman–Crippen MR) is 56.3 cm³/mol. The number of fused-ring (bicyclic) bond motifs is 3. The molecule has 0 fully saturated rings. The van der Waals surface area contributed by atoms with Crippen LogP contribution in [0.1, 0.15) is 5.82 Å². The molecule has 70 valence electrons. The summed E-state index contributed by atoms with van der Waals surface area (Å²) in [4.78, 5) is 15.7. The Morgan fingerprint density at radius 2 is 2.21 bits per heavy atom. The number of benzene rings is 1. The van der Waals surface area contributed by atoms with E-state index in [4.69, 9.17) is 0 Å². The molecular formula is C10H8N2OS. The second-order valence-corrected chi connectivity index (χ2v) is 4.21. The van der Waals surface area contributed by atoms with Crippen LogP contribution in [-0.4, -0.2) is 20.5 Å². The SMILES string of the molecule is O=C1CSn2c(nc3ccccc32)C1. The molecule has 0 saturated heterocycles. The Labute approximate surface area is 85.3 Å². The third-order valence-corrected chi connectivity index (χ3v) is 3.41. The molecule has 3 rings (SSSR count). The van der Waals surface area contributed by atoms with Gasteiger partial charge in [-0.15, -0.1) is 0 Å². The fraction of sp³-hybridized carbons (Fsp3) is 0.200. The van der Waals surface area contributed by atoms with Gasteiger partial charge >= 0.3 is 0 Å². The van der Waals surface area contributed by atoms with Gasteiger partial charge in [0.05, 0.1) is 23.2 Å². The van der Waals surface area contributed by atoms with E-state index in [1.54, 1.807) is 0 Å². The molecule has 0 atom stereocenters. The first-order valence-corrected chi connectivity index (χ1v) is 5.40. The van der Waals surface area contributed by atoms with Gasteiger partial charge in [0.15, 0.2) is 5.78 Å². The molecule has 0 N–H and O–H groups in total. The van der Waals surface area contributed by atoms with Crippen molar-refractivity contribution in [3.63, 3.8) is 0 Å². The smallest absolute Gasteiger partial charge is 0.152 e. The number of rotatable bonds is 0. The standard InChI is InChI=1S/C10H8N2OS/c13-7-5-10-11-8-3-1-2-4-9(8)12(10)14-6-7/h1-4H,5-6H2. The minimum atomic E-state index is 0.262. The van der Waals surface area contributed by atoms with Crippen molar-refractivity contribution in [3.05, 3.63) is 30.1 Å². The van der Waals surface area contributed by atoms with E-state index >= 15 is 0 Å². The molecule has 0 unspecified atom stereocenters. The molecule has 1 aliphatic heterocycles. The topological polar surface area (TPSA) is 34.9 Å². The molecule has 2 heterocycles. The van der Waals surface area contributed by atoms with Crippen molar-refractivity contribution in [2.75, 3.05) is 5.75 Å². The van der Waals surface area contributed by atoms with Crippen LogP contribution in [0.25, 0.3) is 11.0 Å². The van der Waals surface area contributed by atoms with E-state index in [9.17, 15) is 4.79 Å². The maximum absolute atomic E-state index is 11.2. The average molecular weight is 204 g/mol. The Kier molecular flexibility index (Phi) is 1.64. The molecule has 4 heteroatoms. The van der Waals surface area contributed by atoms with E-state index < -0.39 is 0 Å².